The minimum absolute atomic E-state index is 0.189. The predicted octanol–water partition coefficient (Wildman–Crippen LogP) is 4.91. The lowest BCUT2D eigenvalue weighted by Crippen LogP contribution is -2.13. The summed E-state index contributed by atoms with van der Waals surface area (Å²) in [7, 11) is 0. The Morgan fingerprint density at radius 2 is 2.04 bits per heavy atom. The number of carbonyl (C=O) groups excluding carboxylic acids is 1. The summed E-state index contributed by atoms with van der Waals surface area (Å²) in [4.78, 5) is 19.7. The van der Waals surface area contributed by atoms with Crippen LogP contribution in [0.4, 0.5) is 5.88 Å². The van der Waals surface area contributed by atoms with Crippen LogP contribution in [0, 0.1) is 6.92 Å². The van der Waals surface area contributed by atoms with Crippen LogP contribution in [0.5, 0.6) is 0 Å². The van der Waals surface area contributed by atoms with Gasteiger partial charge in [0.25, 0.3) is 0 Å². The number of hydrogen-bond acceptors (Lipinski definition) is 5. The highest BCUT2D eigenvalue weighted by atomic mass is 35.5. The third-order valence-electron chi connectivity index (χ3n) is 3.88. The van der Waals surface area contributed by atoms with Crippen molar-refractivity contribution < 1.29 is 9.32 Å². The third-order valence-corrected chi connectivity index (χ3v) is 4.99. The molecule has 0 aliphatic carbocycles. The molecule has 4 aromatic rings. The van der Waals surface area contributed by atoms with E-state index in [1.165, 1.54) is 17.3 Å². The molecular weight excluding hydrogens is 384 g/mol. The predicted molar refractivity (Wildman–Crippen MR) is 107 cm³/mol. The van der Waals surface area contributed by atoms with E-state index in [2.05, 4.69) is 20.4 Å². The van der Waals surface area contributed by atoms with Crippen LogP contribution in [0.2, 0.25) is 5.02 Å². The Morgan fingerprint density at radius 3 is 2.85 bits per heavy atom. The van der Waals surface area contributed by atoms with Gasteiger partial charge >= 0.3 is 0 Å². The number of aryl methyl sites for hydroxylation is 1. The van der Waals surface area contributed by atoms with E-state index in [0.29, 0.717) is 21.8 Å². The van der Waals surface area contributed by atoms with E-state index < -0.39 is 0 Å². The fourth-order valence-corrected chi connectivity index (χ4v) is 3.39. The van der Waals surface area contributed by atoms with E-state index in [-0.39, 0.29) is 11.7 Å². The molecule has 1 amide bonds. The van der Waals surface area contributed by atoms with Gasteiger partial charge in [0.05, 0.1) is 16.8 Å². The smallest absolute Gasteiger partial charge is 0.237 e. The normalized spacial score (nSPS) is 11.0. The van der Waals surface area contributed by atoms with Gasteiger partial charge in [-0.2, -0.15) is 0 Å². The highest BCUT2D eigenvalue weighted by Crippen LogP contribution is 2.24. The van der Waals surface area contributed by atoms with E-state index in [0.717, 1.165) is 16.6 Å². The number of rotatable bonds is 5. The van der Waals surface area contributed by atoms with Crippen molar-refractivity contribution in [2.45, 2.75) is 12.1 Å². The fourth-order valence-electron chi connectivity index (χ4n) is 2.53. The summed E-state index contributed by atoms with van der Waals surface area (Å²) in [5.41, 5.74) is 4.41. The van der Waals surface area contributed by atoms with Crippen molar-refractivity contribution >= 4 is 46.2 Å². The lowest BCUT2D eigenvalue weighted by molar-refractivity contribution is -0.113. The van der Waals surface area contributed by atoms with Gasteiger partial charge in [-0.1, -0.05) is 58.3 Å². The quantitative estimate of drug-likeness (QED) is 0.466. The Balaban J connectivity index is 1.37. The maximum absolute atomic E-state index is 12.2. The molecular formula is C19H15ClN4O2S. The van der Waals surface area contributed by atoms with Gasteiger partial charge in [-0.3, -0.25) is 10.1 Å². The number of amides is 1. The first-order chi connectivity index (χ1) is 13.1. The monoisotopic (exact) mass is 398 g/mol. The van der Waals surface area contributed by atoms with Crippen molar-refractivity contribution in [2.24, 2.45) is 0 Å². The maximum atomic E-state index is 12.2. The van der Waals surface area contributed by atoms with Crippen LogP contribution in [0.1, 0.15) is 5.56 Å². The molecule has 0 atom stereocenters. The highest BCUT2D eigenvalue weighted by molar-refractivity contribution is 7.99. The van der Waals surface area contributed by atoms with Crippen LogP contribution in [0.3, 0.4) is 0 Å². The standard InChI is InChI=1S/C19H15ClN4O2S/c1-11-2-4-12(5-3-11)15-9-18(26-24-15)23-17(25)10-27-19-21-14-7-6-13(20)8-16(14)22-19/h2-9H,10H2,1H3,(H,21,22)(H,23,25). The Labute approximate surface area is 164 Å². The lowest BCUT2D eigenvalue weighted by atomic mass is 10.1. The summed E-state index contributed by atoms with van der Waals surface area (Å²) >= 11 is 7.26. The van der Waals surface area contributed by atoms with Gasteiger partial charge in [-0.15, -0.1) is 0 Å². The average Bonchev–Trinajstić information content (AvgIpc) is 3.27. The molecule has 2 aromatic carbocycles. The molecule has 0 aliphatic heterocycles. The number of aromatic amines is 1. The first kappa shape index (κ1) is 17.6. The zero-order valence-corrected chi connectivity index (χ0v) is 15.9. The second-order valence-electron chi connectivity index (χ2n) is 5.98. The molecule has 136 valence electrons. The fraction of sp³-hybridized carbons (Fsp3) is 0.105. The number of H-pyrrole nitrogens is 1. The van der Waals surface area contributed by atoms with Crippen LogP contribution in [-0.2, 0) is 4.79 Å². The first-order valence-corrected chi connectivity index (χ1v) is 9.55. The van der Waals surface area contributed by atoms with Gasteiger partial charge in [0.2, 0.25) is 11.8 Å². The number of anilines is 1. The number of halogens is 1. The Morgan fingerprint density at radius 1 is 1.22 bits per heavy atom. The molecule has 0 bridgehead atoms. The second-order valence-corrected chi connectivity index (χ2v) is 7.38. The average molecular weight is 399 g/mol. The molecule has 0 fully saturated rings. The largest absolute Gasteiger partial charge is 0.338 e. The number of nitrogens with zero attached hydrogens (tertiary/aromatic N) is 2. The van der Waals surface area contributed by atoms with Crippen molar-refractivity contribution in [3.8, 4) is 11.3 Å². The molecule has 0 spiro atoms. The summed E-state index contributed by atoms with van der Waals surface area (Å²) in [6.07, 6.45) is 0. The van der Waals surface area contributed by atoms with Crippen LogP contribution in [0.15, 0.2) is 58.2 Å². The minimum Gasteiger partial charge on any atom is -0.338 e. The number of nitrogens with one attached hydrogen (secondary N) is 2. The second kappa shape index (κ2) is 7.46. The number of benzene rings is 2. The summed E-state index contributed by atoms with van der Waals surface area (Å²) in [5.74, 6) is 0.298. The molecule has 2 heterocycles. The minimum atomic E-state index is -0.204. The number of aromatic nitrogens is 3. The molecule has 0 saturated carbocycles. The SMILES string of the molecule is Cc1ccc(-c2cc(NC(=O)CSc3nc4ccc(Cl)cc4[nH]3)on2)cc1. The van der Waals surface area contributed by atoms with E-state index >= 15 is 0 Å². The number of imidazole rings is 1. The Kier molecular flexibility index (Phi) is 4.87. The van der Waals surface area contributed by atoms with Gasteiger partial charge in [-0.25, -0.2) is 4.98 Å². The van der Waals surface area contributed by atoms with Gasteiger partial charge in [0, 0.05) is 16.7 Å². The summed E-state index contributed by atoms with van der Waals surface area (Å²) in [6.45, 7) is 2.02. The van der Waals surface area contributed by atoms with Crippen LogP contribution in [0.25, 0.3) is 22.3 Å². The van der Waals surface area contributed by atoms with E-state index in [1.807, 2.05) is 37.3 Å². The molecule has 0 radical (unpaired) electrons. The van der Waals surface area contributed by atoms with Crippen molar-refractivity contribution in [2.75, 3.05) is 11.1 Å². The summed E-state index contributed by atoms with van der Waals surface area (Å²) in [6, 6.07) is 15.0. The van der Waals surface area contributed by atoms with Crippen LogP contribution < -0.4 is 5.32 Å². The van der Waals surface area contributed by atoms with Crippen LogP contribution in [-0.4, -0.2) is 26.8 Å². The molecule has 0 aliphatic rings. The van der Waals surface area contributed by atoms with E-state index in [1.54, 1.807) is 18.2 Å². The summed E-state index contributed by atoms with van der Waals surface area (Å²) in [5, 5.41) is 7.99. The van der Waals surface area contributed by atoms with Crippen LogP contribution >= 0.6 is 23.4 Å². The number of hydrogen-bond donors (Lipinski definition) is 2. The van der Waals surface area contributed by atoms with Crippen molar-refractivity contribution in [1.82, 2.24) is 15.1 Å². The maximum Gasteiger partial charge on any atom is 0.237 e. The summed E-state index contributed by atoms with van der Waals surface area (Å²) < 4.78 is 5.20. The molecule has 0 unspecified atom stereocenters. The molecule has 8 heteroatoms. The molecule has 2 aromatic heterocycles. The lowest BCUT2D eigenvalue weighted by Gasteiger charge is -1.99. The topological polar surface area (TPSA) is 83.8 Å². The molecule has 6 nitrogen and oxygen atoms in total. The zero-order chi connectivity index (χ0) is 18.8. The zero-order valence-electron chi connectivity index (χ0n) is 14.3. The van der Waals surface area contributed by atoms with Gasteiger partial charge in [0.1, 0.15) is 5.69 Å². The number of thioether (sulfide) groups is 1. The van der Waals surface area contributed by atoms with E-state index in [9.17, 15) is 4.79 Å². The highest BCUT2D eigenvalue weighted by Gasteiger charge is 2.11. The van der Waals surface area contributed by atoms with Crippen molar-refractivity contribution in [3.63, 3.8) is 0 Å². The number of carbonyl (C=O) groups is 1. The molecule has 0 saturated heterocycles. The third kappa shape index (κ3) is 4.15. The van der Waals surface area contributed by atoms with Gasteiger partial charge in [0.15, 0.2) is 5.16 Å². The molecule has 27 heavy (non-hydrogen) atoms. The number of fused-ring (bicyclic) bond motifs is 1. The molecule has 4 rings (SSSR count). The first-order valence-electron chi connectivity index (χ1n) is 8.18. The van der Waals surface area contributed by atoms with Crippen molar-refractivity contribution in [3.05, 3.63) is 59.1 Å². The van der Waals surface area contributed by atoms with Crippen molar-refractivity contribution in [1.29, 1.82) is 0 Å². The Hall–Kier alpha value is -2.77. The van der Waals surface area contributed by atoms with E-state index in [4.69, 9.17) is 16.1 Å². The van der Waals surface area contributed by atoms with Gasteiger partial charge < -0.3 is 9.51 Å². The van der Waals surface area contributed by atoms with Gasteiger partial charge in [-0.05, 0) is 25.1 Å². The Bertz CT molecular complexity index is 1100. The molecule has 2 N–H and O–H groups in total.